The number of hydrogen-bond acceptors (Lipinski definition) is 4. The molecule has 0 aliphatic rings. The molecule has 1 aromatic carbocycles. The Bertz CT molecular complexity index is 542. The summed E-state index contributed by atoms with van der Waals surface area (Å²) in [4.78, 5) is 23.3. The van der Waals surface area contributed by atoms with Gasteiger partial charge in [-0.05, 0) is 30.5 Å². The van der Waals surface area contributed by atoms with E-state index in [4.69, 9.17) is 9.47 Å². The highest BCUT2D eigenvalue weighted by atomic mass is 16.5. The fourth-order valence-corrected chi connectivity index (χ4v) is 2.33. The molecule has 128 valence electrons. The maximum Gasteiger partial charge on any atom is 0.308 e. The number of rotatable bonds is 9. The number of benzene rings is 1. The van der Waals surface area contributed by atoms with Crippen molar-refractivity contribution in [1.82, 2.24) is 5.32 Å². The minimum atomic E-state index is -0.891. The molecule has 1 atom stereocenters. The van der Waals surface area contributed by atoms with Gasteiger partial charge in [0.1, 0.15) is 11.5 Å². The van der Waals surface area contributed by atoms with Gasteiger partial charge in [0.2, 0.25) is 5.91 Å². The molecule has 6 heteroatoms. The Morgan fingerprint density at radius 3 is 2.43 bits per heavy atom. The molecule has 0 bridgehead atoms. The minimum Gasteiger partial charge on any atom is -0.497 e. The average molecular weight is 323 g/mol. The van der Waals surface area contributed by atoms with Crippen molar-refractivity contribution in [2.24, 2.45) is 11.8 Å². The van der Waals surface area contributed by atoms with Crippen LogP contribution in [0.3, 0.4) is 0 Å². The maximum atomic E-state index is 12.1. The number of amides is 1. The first-order valence-corrected chi connectivity index (χ1v) is 7.57. The van der Waals surface area contributed by atoms with Crippen molar-refractivity contribution in [2.45, 2.75) is 26.7 Å². The summed E-state index contributed by atoms with van der Waals surface area (Å²) in [5, 5.41) is 11.9. The Morgan fingerprint density at radius 1 is 1.22 bits per heavy atom. The Hall–Kier alpha value is -2.24. The van der Waals surface area contributed by atoms with E-state index < -0.39 is 11.9 Å². The first kappa shape index (κ1) is 18.8. The molecule has 0 radical (unpaired) electrons. The summed E-state index contributed by atoms with van der Waals surface area (Å²) in [5.74, 6) is -0.225. The predicted molar refractivity (Wildman–Crippen MR) is 86.8 cm³/mol. The third kappa shape index (κ3) is 6.18. The third-order valence-corrected chi connectivity index (χ3v) is 3.49. The summed E-state index contributed by atoms with van der Waals surface area (Å²) in [5.41, 5.74) is 0.695. The van der Waals surface area contributed by atoms with E-state index in [0.29, 0.717) is 23.5 Å². The summed E-state index contributed by atoms with van der Waals surface area (Å²) < 4.78 is 10.4. The largest absolute Gasteiger partial charge is 0.497 e. The first-order valence-electron chi connectivity index (χ1n) is 7.57. The van der Waals surface area contributed by atoms with Gasteiger partial charge in [0.25, 0.3) is 0 Å². The molecule has 0 aliphatic heterocycles. The van der Waals surface area contributed by atoms with Gasteiger partial charge in [-0.15, -0.1) is 0 Å². The Labute approximate surface area is 136 Å². The van der Waals surface area contributed by atoms with Crippen LogP contribution in [0, 0.1) is 11.8 Å². The molecule has 2 N–H and O–H groups in total. The van der Waals surface area contributed by atoms with Crippen molar-refractivity contribution in [3.05, 3.63) is 23.8 Å². The number of ether oxygens (including phenoxy) is 2. The zero-order valence-electron chi connectivity index (χ0n) is 14.1. The Balaban J connectivity index is 2.67. The molecular formula is C17H25NO5. The molecule has 0 saturated heterocycles. The van der Waals surface area contributed by atoms with Crippen LogP contribution in [0.5, 0.6) is 11.5 Å². The van der Waals surface area contributed by atoms with E-state index in [0.717, 1.165) is 0 Å². The first-order chi connectivity index (χ1) is 10.9. The minimum absolute atomic E-state index is 0.106. The van der Waals surface area contributed by atoms with Gasteiger partial charge in [0.05, 0.1) is 26.6 Å². The molecule has 23 heavy (non-hydrogen) atoms. The highest BCUT2D eigenvalue weighted by molar-refractivity contribution is 5.80. The summed E-state index contributed by atoms with van der Waals surface area (Å²) >= 11 is 0. The Kier molecular flexibility index (Phi) is 7.38. The summed E-state index contributed by atoms with van der Waals surface area (Å²) in [6.07, 6.45) is 0.631. The highest BCUT2D eigenvalue weighted by Crippen LogP contribution is 2.24. The van der Waals surface area contributed by atoms with E-state index in [9.17, 15) is 14.7 Å². The number of hydrogen-bond donors (Lipinski definition) is 2. The normalized spacial score (nSPS) is 11.9. The predicted octanol–water partition coefficient (Wildman–Crippen LogP) is 2.11. The second-order valence-corrected chi connectivity index (χ2v) is 5.82. The van der Waals surface area contributed by atoms with Gasteiger partial charge in [0.15, 0.2) is 0 Å². The third-order valence-electron chi connectivity index (χ3n) is 3.49. The van der Waals surface area contributed by atoms with Crippen LogP contribution >= 0.6 is 0 Å². The van der Waals surface area contributed by atoms with E-state index in [-0.39, 0.29) is 24.8 Å². The van der Waals surface area contributed by atoms with Crippen molar-refractivity contribution in [1.29, 1.82) is 0 Å². The van der Waals surface area contributed by atoms with Gasteiger partial charge in [-0.2, -0.15) is 0 Å². The van der Waals surface area contributed by atoms with Crippen LogP contribution in [0.1, 0.15) is 25.8 Å². The van der Waals surface area contributed by atoms with Crippen LogP contribution in [0.15, 0.2) is 18.2 Å². The van der Waals surface area contributed by atoms with Gasteiger partial charge >= 0.3 is 5.97 Å². The average Bonchev–Trinajstić information content (AvgIpc) is 2.50. The van der Waals surface area contributed by atoms with Crippen molar-refractivity contribution >= 4 is 11.9 Å². The second kappa shape index (κ2) is 9.02. The molecule has 0 fully saturated rings. The Morgan fingerprint density at radius 2 is 1.91 bits per heavy atom. The molecule has 6 nitrogen and oxygen atoms in total. The van der Waals surface area contributed by atoms with Crippen LogP contribution in [0.25, 0.3) is 0 Å². The van der Waals surface area contributed by atoms with Crippen molar-refractivity contribution < 1.29 is 24.2 Å². The number of carbonyl (C=O) groups is 2. The van der Waals surface area contributed by atoms with Crippen LogP contribution in [-0.2, 0) is 16.0 Å². The van der Waals surface area contributed by atoms with Crippen LogP contribution in [0.2, 0.25) is 0 Å². The lowest BCUT2D eigenvalue weighted by atomic mass is 9.97. The van der Waals surface area contributed by atoms with Crippen LogP contribution in [-0.4, -0.2) is 37.7 Å². The quantitative estimate of drug-likeness (QED) is 0.727. The summed E-state index contributed by atoms with van der Waals surface area (Å²) in [6.45, 7) is 4.04. The fraction of sp³-hybridized carbons (Fsp3) is 0.529. The molecule has 0 spiro atoms. The lowest BCUT2D eigenvalue weighted by molar-refractivity contribution is -0.142. The van der Waals surface area contributed by atoms with Gasteiger partial charge in [-0.1, -0.05) is 13.8 Å². The summed E-state index contributed by atoms with van der Waals surface area (Å²) in [7, 11) is 3.08. The molecule has 1 aromatic rings. The summed E-state index contributed by atoms with van der Waals surface area (Å²) in [6, 6.07) is 5.23. The fourth-order valence-electron chi connectivity index (χ4n) is 2.33. The molecule has 0 heterocycles. The van der Waals surface area contributed by atoms with E-state index in [1.54, 1.807) is 25.3 Å². The second-order valence-electron chi connectivity index (χ2n) is 5.82. The van der Waals surface area contributed by atoms with Gasteiger partial charge in [0, 0.05) is 12.1 Å². The van der Waals surface area contributed by atoms with E-state index in [2.05, 4.69) is 5.32 Å². The van der Waals surface area contributed by atoms with Crippen molar-refractivity contribution in [2.75, 3.05) is 20.8 Å². The molecule has 1 rings (SSSR count). The number of carboxylic acid groups (broad SMARTS) is 1. The SMILES string of the molecule is COc1ccc(OC)c(CC(=O)NCC(CC(C)C)C(=O)O)c1. The smallest absolute Gasteiger partial charge is 0.308 e. The number of carboxylic acids is 1. The molecule has 0 aliphatic carbocycles. The number of carbonyl (C=O) groups excluding carboxylic acids is 1. The monoisotopic (exact) mass is 323 g/mol. The lowest BCUT2D eigenvalue weighted by Gasteiger charge is -2.16. The standard InChI is InChI=1S/C17H25NO5/c1-11(2)7-13(17(20)21)10-18-16(19)9-12-8-14(22-3)5-6-15(12)23-4/h5-6,8,11,13H,7,9-10H2,1-4H3,(H,18,19)(H,20,21). The molecule has 1 amide bonds. The molecule has 0 aromatic heterocycles. The topological polar surface area (TPSA) is 84.9 Å². The van der Waals surface area contributed by atoms with Crippen LogP contribution < -0.4 is 14.8 Å². The van der Waals surface area contributed by atoms with Gasteiger partial charge < -0.3 is 19.9 Å². The molecule has 1 unspecified atom stereocenters. The van der Waals surface area contributed by atoms with Crippen molar-refractivity contribution in [3.8, 4) is 11.5 Å². The zero-order valence-corrected chi connectivity index (χ0v) is 14.1. The van der Waals surface area contributed by atoms with Gasteiger partial charge in [-0.3, -0.25) is 9.59 Å². The molecular weight excluding hydrogens is 298 g/mol. The van der Waals surface area contributed by atoms with E-state index in [1.807, 2.05) is 13.8 Å². The lowest BCUT2D eigenvalue weighted by Crippen LogP contribution is -2.34. The van der Waals surface area contributed by atoms with E-state index in [1.165, 1.54) is 7.11 Å². The van der Waals surface area contributed by atoms with Crippen molar-refractivity contribution in [3.63, 3.8) is 0 Å². The van der Waals surface area contributed by atoms with Gasteiger partial charge in [-0.25, -0.2) is 0 Å². The maximum absolute atomic E-state index is 12.1. The number of methoxy groups -OCH3 is 2. The zero-order chi connectivity index (χ0) is 17.4. The van der Waals surface area contributed by atoms with Crippen LogP contribution in [0.4, 0.5) is 0 Å². The number of aliphatic carboxylic acids is 1. The van der Waals surface area contributed by atoms with E-state index >= 15 is 0 Å². The number of nitrogens with one attached hydrogen (secondary N) is 1. The molecule has 0 saturated carbocycles. The highest BCUT2D eigenvalue weighted by Gasteiger charge is 2.20.